The standard InChI is InChI=1S/C10H19NO3/c1-3-5-7(12)9-8(6-4-2)14-10(13)11-9/h7-9,12H,3-6H2,1-2H3,(H,11,13)/t7-,8-,9-/m1/s1. The number of carbonyl (C=O) groups excluding carboxylic acids is 1. The van der Waals surface area contributed by atoms with E-state index in [0.717, 1.165) is 19.3 Å². The van der Waals surface area contributed by atoms with Crippen LogP contribution in [0.25, 0.3) is 0 Å². The highest BCUT2D eigenvalue weighted by Gasteiger charge is 2.37. The van der Waals surface area contributed by atoms with Gasteiger partial charge >= 0.3 is 6.09 Å². The van der Waals surface area contributed by atoms with Gasteiger partial charge in [-0.1, -0.05) is 26.7 Å². The normalized spacial score (nSPS) is 28.4. The van der Waals surface area contributed by atoms with E-state index in [1.54, 1.807) is 0 Å². The summed E-state index contributed by atoms with van der Waals surface area (Å²) in [6.07, 6.45) is 2.33. The summed E-state index contributed by atoms with van der Waals surface area (Å²) in [6.45, 7) is 4.05. The summed E-state index contributed by atoms with van der Waals surface area (Å²) < 4.78 is 5.07. The molecule has 4 nitrogen and oxygen atoms in total. The van der Waals surface area contributed by atoms with Crippen LogP contribution in [0, 0.1) is 0 Å². The van der Waals surface area contributed by atoms with Gasteiger partial charge in [-0.25, -0.2) is 4.79 Å². The molecule has 0 aliphatic carbocycles. The Balaban J connectivity index is 2.51. The minimum absolute atomic E-state index is 0.158. The average molecular weight is 201 g/mol. The second kappa shape index (κ2) is 5.20. The molecule has 0 aromatic rings. The predicted molar refractivity (Wildman–Crippen MR) is 53.0 cm³/mol. The van der Waals surface area contributed by atoms with Crippen molar-refractivity contribution in [1.29, 1.82) is 0 Å². The van der Waals surface area contributed by atoms with Crippen LogP contribution < -0.4 is 5.32 Å². The summed E-state index contributed by atoms with van der Waals surface area (Å²) in [4.78, 5) is 11.0. The Labute approximate surface area is 84.6 Å². The van der Waals surface area contributed by atoms with Crippen molar-refractivity contribution in [3.05, 3.63) is 0 Å². The molecule has 82 valence electrons. The van der Waals surface area contributed by atoms with E-state index in [4.69, 9.17) is 4.74 Å². The minimum atomic E-state index is -0.483. The van der Waals surface area contributed by atoms with Crippen molar-refractivity contribution in [1.82, 2.24) is 5.32 Å². The molecule has 1 amide bonds. The Kier molecular flexibility index (Phi) is 4.20. The second-order valence-electron chi connectivity index (χ2n) is 3.76. The van der Waals surface area contributed by atoms with Gasteiger partial charge in [-0.05, 0) is 12.8 Å². The maximum absolute atomic E-state index is 11.0. The fourth-order valence-corrected chi connectivity index (χ4v) is 1.82. The molecule has 1 heterocycles. The number of carbonyl (C=O) groups is 1. The summed E-state index contributed by atoms with van der Waals surface area (Å²) in [5.74, 6) is 0. The molecule has 0 spiro atoms. The molecule has 1 saturated heterocycles. The van der Waals surface area contributed by atoms with Crippen LogP contribution in [0.3, 0.4) is 0 Å². The molecule has 0 aromatic heterocycles. The molecule has 1 aliphatic rings. The molecular formula is C10H19NO3. The second-order valence-corrected chi connectivity index (χ2v) is 3.76. The number of hydrogen-bond donors (Lipinski definition) is 2. The van der Waals surface area contributed by atoms with Gasteiger partial charge in [0.1, 0.15) is 6.10 Å². The van der Waals surface area contributed by atoms with E-state index in [-0.39, 0.29) is 12.1 Å². The zero-order valence-corrected chi connectivity index (χ0v) is 8.82. The molecular weight excluding hydrogens is 182 g/mol. The van der Waals surface area contributed by atoms with E-state index in [9.17, 15) is 9.90 Å². The third kappa shape index (κ3) is 2.61. The monoisotopic (exact) mass is 201 g/mol. The van der Waals surface area contributed by atoms with Crippen LogP contribution in [0.4, 0.5) is 4.79 Å². The minimum Gasteiger partial charge on any atom is -0.444 e. The van der Waals surface area contributed by atoms with Crippen molar-refractivity contribution in [2.24, 2.45) is 0 Å². The van der Waals surface area contributed by atoms with E-state index >= 15 is 0 Å². The van der Waals surface area contributed by atoms with E-state index in [2.05, 4.69) is 5.32 Å². The molecule has 14 heavy (non-hydrogen) atoms. The van der Waals surface area contributed by atoms with E-state index in [1.807, 2.05) is 13.8 Å². The Hall–Kier alpha value is -0.770. The number of nitrogens with one attached hydrogen (secondary N) is 1. The first-order valence-electron chi connectivity index (χ1n) is 5.34. The molecule has 0 bridgehead atoms. The van der Waals surface area contributed by atoms with Gasteiger partial charge < -0.3 is 15.2 Å². The number of aliphatic hydroxyl groups excluding tert-OH is 1. The van der Waals surface area contributed by atoms with Gasteiger partial charge in [0.25, 0.3) is 0 Å². The van der Waals surface area contributed by atoms with Crippen LogP contribution in [0.5, 0.6) is 0 Å². The van der Waals surface area contributed by atoms with Crippen LogP contribution in [0.15, 0.2) is 0 Å². The van der Waals surface area contributed by atoms with Gasteiger partial charge in [-0.15, -0.1) is 0 Å². The zero-order chi connectivity index (χ0) is 10.6. The molecule has 0 radical (unpaired) electrons. The van der Waals surface area contributed by atoms with E-state index < -0.39 is 12.2 Å². The van der Waals surface area contributed by atoms with E-state index in [0.29, 0.717) is 6.42 Å². The number of aliphatic hydroxyl groups is 1. The maximum Gasteiger partial charge on any atom is 0.407 e. The van der Waals surface area contributed by atoms with Crippen molar-refractivity contribution in [3.63, 3.8) is 0 Å². The highest BCUT2D eigenvalue weighted by Crippen LogP contribution is 2.19. The summed E-state index contributed by atoms with van der Waals surface area (Å²) in [6, 6.07) is -0.220. The molecule has 4 heteroatoms. The van der Waals surface area contributed by atoms with Crippen molar-refractivity contribution in [2.75, 3.05) is 0 Å². The number of alkyl carbamates (subject to hydrolysis) is 1. The number of amides is 1. The van der Waals surface area contributed by atoms with Crippen molar-refractivity contribution >= 4 is 6.09 Å². The fourth-order valence-electron chi connectivity index (χ4n) is 1.82. The predicted octanol–water partition coefficient (Wildman–Crippen LogP) is 1.42. The first-order chi connectivity index (χ1) is 6.69. The SMILES string of the molecule is CCC[C@@H](O)[C@H]1NC(=O)O[C@@H]1CCC. The highest BCUT2D eigenvalue weighted by molar-refractivity contribution is 5.70. The summed E-state index contributed by atoms with van der Waals surface area (Å²) in [5, 5.41) is 12.4. The lowest BCUT2D eigenvalue weighted by atomic mass is 9.99. The number of ether oxygens (including phenoxy) is 1. The van der Waals surface area contributed by atoms with Crippen LogP contribution in [0.1, 0.15) is 39.5 Å². The van der Waals surface area contributed by atoms with E-state index in [1.165, 1.54) is 0 Å². The van der Waals surface area contributed by atoms with Gasteiger partial charge in [-0.2, -0.15) is 0 Å². The van der Waals surface area contributed by atoms with Gasteiger partial charge in [-0.3, -0.25) is 0 Å². The first kappa shape index (κ1) is 11.3. The largest absolute Gasteiger partial charge is 0.444 e. The summed E-state index contributed by atoms with van der Waals surface area (Å²) in [7, 11) is 0. The molecule has 0 saturated carbocycles. The molecule has 0 aromatic carbocycles. The van der Waals surface area contributed by atoms with Gasteiger partial charge in [0.15, 0.2) is 0 Å². The maximum atomic E-state index is 11.0. The zero-order valence-electron chi connectivity index (χ0n) is 8.82. The number of hydrogen-bond acceptors (Lipinski definition) is 3. The Morgan fingerprint density at radius 2 is 2.21 bits per heavy atom. The third-order valence-electron chi connectivity index (χ3n) is 2.52. The molecule has 1 fully saturated rings. The molecule has 2 N–H and O–H groups in total. The van der Waals surface area contributed by atoms with Crippen LogP contribution in [0.2, 0.25) is 0 Å². The lowest BCUT2D eigenvalue weighted by molar-refractivity contribution is 0.0686. The van der Waals surface area contributed by atoms with Crippen molar-refractivity contribution in [2.45, 2.75) is 57.8 Å². The van der Waals surface area contributed by atoms with Gasteiger partial charge in [0, 0.05) is 0 Å². The average Bonchev–Trinajstić information content (AvgIpc) is 2.48. The molecule has 1 aliphatic heterocycles. The Bertz CT molecular complexity index is 196. The molecule has 0 unspecified atom stereocenters. The van der Waals surface area contributed by atoms with Gasteiger partial charge in [0.2, 0.25) is 0 Å². The Morgan fingerprint density at radius 3 is 2.79 bits per heavy atom. The van der Waals surface area contributed by atoms with Crippen LogP contribution in [-0.2, 0) is 4.74 Å². The Morgan fingerprint density at radius 1 is 1.50 bits per heavy atom. The van der Waals surface area contributed by atoms with Gasteiger partial charge in [0.05, 0.1) is 12.1 Å². The smallest absolute Gasteiger partial charge is 0.407 e. The summed E-state index contributed by atoms with van der Waals surface area (Å²) in [5.41, 5.74) is 0. The van der Waals surface area contributed by atoms with Crippen molar-refractivity contribution in [3.8, 4) is 0 Å². The lowest BCUT2D eigenvalue weighted by Crippen LogP contribution is -2.42. The van der Waals surface area contributed by atoms with Crippen LogP contribution in [-0.4, -0.2) is 29.4 Å². The third-order valence-corrected chi connectivity index (χ3v) is 2.52. The van der Waals surface area contributed by atoms with Crippen molar-refractivity contribution < 1.29 is 14.6 Å². The lowest BCUT2D eigenvalue weighted by Gasteiger charge is -2.21. The quantitative estimate of drug-likeness (QED) is 0.707. The molecule has 1 rings (SSSR count). The number of cyclic esters (lactones) is 1. The highest BCUT2D eigenvalue weighted by atomic mass is 16.6. The molecule has 3 atom stereocenters. The first-order valence-corrected chi connectivity index (χ1v) is 5.34. The summed E-state index contributed by atoms with van der Waals surface area (Å²) >= 11 is 0. The topological polar surface area (TPSA) is 58.6 Å². The van der Waals surface area contributed by atoms with Crippen LogP contribution >= 0.6 is 0 Å². The fraction of sp³-hybridized carbons (Fsp3) is 0.900. The number of rotatable bonds is 5.